The van der Waals surface area contributed by atoms with Gasteiger partial charge >= 0.3 is 0 Å². The number of phenolic OH excluding ortho intramolecular Hbond substituents is 1. The molecular formula is C27H32N2O8. The van der Waals surface area contributed by atoms with Crippen LogP contribution in [0.15, 0.2) is 34.8 Å². The zero-order chi connectivity index (χ0) is 27.4. The molecule has 0 saturated heterocycles. The van der Waals surface area contributed by atoms with E-state index in [0.717, 1.165) is 12.8 Å². The number of amides is 1. The summed E-state index contributed by atoms with van der Waals surface area (Å²) in [5, 5.41) is 54.7. The number of ketones is 2. The number of aliphatic hydroxyl groups excluding tert-OH is 3. The van der Waals surface area contributed by atoms with Crippen LogP contribution >= 0.6 is 0 Å². The quantitative estimate of drug-likeness (QED) is 0.245. The number of carbonyl (C=O) groups excluding carboxylic acids is 3. The summed E-state index contributed by atoms with van der Waals surface area (Å²) in [7, 11) is 3.10. The molecule has 3 aliphatic carbocycles. The molecule has 0 aliphatic heterocycles. The largest absolute Gasteiger partial charge is 0.512 e. The van der Waals surface area contributed by atoms with Crippen LogP contribution in [0.3, 0.4) is 0 Å². The van der Waals surface area contributed by atoms with E-state index < -0.39 is 58.0 Å². The van der Waals surface area contributed by atoms with Crippen molar-refractivity contribution in [1.29, 1.82) is 0 Å². The minimum absolute atomic E-state index is 0.00617. The first-order chi connectivity index (χ1) is 17.4. The number of phenols is 1. The van der Waals surface area contributed by atoms with Crippen molar-refractivity contribution in [3.63, 3.8) is 0 Å². The van der Waals surface area contributed by atoms with E-state index >= 15 is 0 Å². The molecule has 1 amide bonds. The van der Waals surface area contributed by atoms with E-state index in [4.69, 9.17) is 5.73 Å². The molecule has 1 aromatic carbocycles. The van der Waals surface area contributed by atoms with Crippen LogP contribution in [-0.4, -0.2) is 73.6 Å². The van der Waals surface area contributed by atoms with Gasteiger partial charge in [0.05, 0.1) is 17.4 Å². The Bertz CT molecular complexity index is 1290. The molecule has 0 aromatic heterocycles. The average Bonchev–Trinajstić information content (AvgIpc) is 2.81. The van der Waals surface area contributed by atoms with Crippen LogP contribution in [0.5, 0.6) is 5.75 Å². The summed E-state index contributed by atoms with van der Waals surface area (Å²) in [5.74, 6) is -6.78. The molecule has 0 spiro atoms. The van der Waals surface area contributed by atoms with Crippen molar-refractivity contribution in [3.8, 4) is 5.75 Å². The fourth-order valence-electron chi connectivity index (χ4n) is 6.01. The Morgan fingerprint density at radius 2 is 1.89 bits per heavy atom. The van der Waals surface area contributed by atoms with E-state index in [1.807, 2.05) is 6.92 Å². The predicted molar refractivity (Wildman–Crippen MR) is 134 cm³/mol. The number of fused-ring (bicyclic) bond motifs is 3. The standard InChI is InChI=1S/C27H32N2O8/c1-4-5-6-14(30)9-12-7-8-17(31)19-15(12)10-13-11-16-21(29(2)3)23(33)20(26(28)36)25(35)27(16,37)24(34)18(13)22(19)32/h7-9,13,16,21,30-32,35,37H,4-6,10-11H2,1-3H3,(H2,28,36)/b14-9-/t13-,16-,21-,27-/m1/s1. The maximum Gasteiger partial charge on any atom is 0.255 e. The number of allylic oxidation sites excluding steroid dienone is 1. The Morgan fingerprint density at radius 1 is 1.22 bits per heavy atom. The topological polar surface area (TPSA) is 182 Å². The molecule has 1 fully saturated rings. The molecule has 1 aromatic rings. The van der Waals surface area contributed by atoms with E-state index in [0.29, 0.717) is 17.5 Å². The summed E-state index contributed by atoms with van der Waals surface area (Å²) in [4.78, 5) is 40.4. The van der Waals surface area contributed by atoms with Crippen LogP contribution in [0.1, 0.15) is 49.3 Å². The normalized spacial score (nSPS) is 27.8. The van der Waals surface area contributed by atoms with Gasteiger partial charge in [-0.2, -0.15) is 0 Å². The molecular weight excluding hydrogens is 480 g/mol. The smallest absolute Gasteiger partial charge is 0.255 e. The Balaban J connectivity index is 1.92. The van der Waals surface area contributed by atoms with Gasteiger partial charge in [0.15, 0.2) is 11.4 Å². The van der Waals surface area contributed by atoms with Crippen LogP contribution < -0.4 is 5.73 Å². The second kappa shape index (κ2) is 9.35. The highest BCUT2D eigenvalue weighted by Gasteiger charge is 2.64. The monoisotopic (exact) mass is 512 g/mol. The highest BCUT2D eigenvalue weighted by Crippen LogP contribution is 2.53. The van der Waals surface area contributed by atoms with Gasteiger partial charge in [-0.15, -0.1) is 0 Å². The van der Waals surface area contributed by atoms with Crippen LogP contribution in [0, 0.1) is 11.8 Å². The number of aromatic hydroxyl groups is 1. The molecule has 7 N–H and O–H groups in total. The number of unbranched alkanes of at least 4 members (excludes halogenated alkanes) is 1. The molecule has 4 atom stereocenters. The molecule has 4 rings (SSSR count). The molecule has 0 bridgehead atoms. The molecule has 1 saturated carbocycles. The molecule has 198 valence electrons. The second-order valence-corrected chi connectivity index (χ2v) is 10.2. The summed E-state index contributed by atoms with van der Waals surface area (Å²) < 4.78 is 0. The Morgan fingerprint density at radius 3 is 2.49 bits per heavy atom. The lowest BCUT2D eigenvalue weighted by Crippen LogP contribution is -2.65. The molecule has 37 heavy (non-hydrogen) atoms. The third-order valence-electron chi connectivity index (χ3n) is 7.75. The van der Waals surface area contributed by atoms with E-state index in [1.165, 1.54) is 11.0 Å². The van der Waals surface area contributed by atoms with Gasteiger partial charge in [0.2, 0.25) is 5.78 Å². The third-order valence-corrected chi connectivity index (χ3v) is 7.75. The number of nitrogens with two attached hydrogens (primary N) is 1. The summed E-state index contributed by atoms with van der Waals surface area (Å²) in [5.41, 5.74) is 2.66. The van der Waals surface area contributed by atoms with Gasteiger partial charge in [0.25, 0.3) is 5.91 Å². The van der Waals surface area contributed by atoms with Gasteiger partial charge in [-0.05, 0) is 62.5 Å². The first-order valence-electron chi connectivity index (χ1n) is 12.2. The number of primary amides is 1. The third kappa shape index (κ3) is 3.91. The van der Waals surface area contributed by atoms with Crippen molar-refractivity contribution in [1.82, 2.24) is 4.90 Å². The number of rotatable bonds is 6. The number of hydrogen-bond donors (Lipinski definition) is 6. The predicted octanol–water partition coefficient (Wildman–Crippen LogP) is 2.05. The Kier molecular flexibility index (Phi) is 6.68. The molecule has 0 heterocycles. The van der Waals surface area contributed by atoms with Crippen molar-refractivity contribution in [2.24, 2.45) is 17.6 Å². The van der Waals surface area contributed by atoms with Gasteiger partial charge in [0.1, 0.15) is 22.8 Å². The molecule has 3 aliphatic rings. The number of nitrogens with zero attached hydrogens (tertiary/aromatic N) is 1. The van der Waals surface area contributed by atoms with E-state index in [2.05, 4.69) is 0 Å². The molecule has 10 heteroatoms. The number of benzene rings is 1. The van der Waals surface area contributed by atoms with E-state index in [1.54, 1.807) is 26.2 Å². The Hall–Kier alpha value is -3.63. The lowest BCUT2D eigenvalue weighted by Gasteiger charge is -2.50. The SMILES string of the molecule is CCCC/C(O)=C/c1ccc(O)c2c1C[C@@H]1C[C@@H]3[C@@H](N(C)C)C(=O)C(C(N)=O)=C(O)[C@]3(O)C(=O)C1=C2O. The maximum absolute atomic E-state index is 13.8. The fourth-order valence-corrected chi connectivity index (χ4v) is 6.01. The summed E-state index contributed by atoms with van der Waals surface area (Å²) in [6, 6.07) is 1.80. The zero-order valence-electron chi connectivity index (χ0n) is 21.0. The molecule has 10 nitrogen and oxygen atoms in total. The lowest BCUT2D eigenvalue weighted by atomic mass is 9.57. The maximum atomic E-state index is 13.8. The van der Waals surface area contributed by atoms with Crippen molar-refractivity contribution in [3.05, 3.63) is 51.5 Å². The van der Waals surface area contributed by atoms with Crippen LogP contribution in [-0.2, 0) is 20.8 Å². The average molecular weight is 513 g/mol. The van der Waals surface area contributed by atoms with Gasteiger partial charge in [0, 0.05) is 17.9 Å². The van der Waals surface area contributed by atoms with E-state index in [9.17, 15) is 39.9 Å². The van der Waals surface area contributed by atoms with Gasteiger partial charge in [-0.3, -0.25) is 19.3 Å². The van der Waals surface area contributed by atoms with Crippen LogP contribution in [0.4, 0.5) is 0 Å². The second-order valence-electron chi connectivity index (χ2n) is 10.2. The number of carbonyl (C=O) groups is 3. The van der Waals surface area contributed by atoms with Gasteiger partial charge in [-0.25, -0.2) is 0 Å². The number of hydrogen-bond acceptors (Lipinski definition) is 9. The zero-order valence-corrected chi connectivity index (χ0v) is 21.0. The first-order valence-corrected chi connectivity index (χ1v) is 12.2. The minimum atomic E-state index is -2.67. The van der Waals surface area contributed by atoms with Crippen molar-refractivity contribution in [2.45, 2.75) is 50.7 Å². The summed E-state index contributed by atoms with van der Waals surface area (Å²) >= 11 is 0. The van der Waals surface area contributed by atoms with E-state index in [-0.39, 0.29) is 35.5 Å². The number of aliphatic hydroxyl groups is 4. The van der Waals surface area contributed by atoms with Crippen LogP contribution in [0.2, 0.25) is 0 Å². The van der Waals surface area contributed by atoms with Crippen LogP contribution in [0.25, 0.3) is 11.8 Å². The van der Waals surface area contributed by atoms with Crippen molar-refractivity contribution < 1.29 is 39.9 Å². The number of likely N-dealkylation sites (N-methyl/N-ethyl adjacent to an activating group) is 1. The fraction of sp³-hybridized carbons (Fsp3) is 0.444. The molecule has 0 unspecified atom stereocenters. The summed E-state index contributed by atoms with van der Waals surface area (Å²) in [6.45, 7) is 2.00. The van der Waals surface area contributed by atoms with Crippen molar-refractivity contribution >= 4 is 29.3 Å². The first kappa shape index (κ1) is 26.4. The van der Waals surface area contributed by atoms with Gasteiger partial charge < -0.3 is 31.3 Å². The summed E-state index contributed by atoms with van der Waals surface area (Å²) in [6.07, 6.45) is 3.85. The highest BCUT2D eigenvalue weighted by molar-refractivity contribution is 6.24. The Labute approximate surface area is 214 Å². The number of Topliss-reactive ketones (excluding diaryl/α,β-unsaturated/α-hetero) is 2. The highest BCUT2D eigenvalue weighted by atomic mass is 16.3. The minimum Gasteiger partial charge on any atom is -0.512 e. The van der Waals surface area contributed by atoms with Crippen molar-refractivity contribution in [2.75, 3.05) is 14.1 Å². The lowest BCUT2D eigenvalue weighted by molar-refractivity contribution is -0.153. The molecule has 0 radical (unpaired) electrons. The van der Waals surface area contributed by atoms with Gasteiger partial charge in [-0.1, -0.05) is 19.4 Å².